The van der Waals surface area contributed by atoms with Gasteiger partial charge in [-0.2, -0.15) is 0 Å². The fourth-order valence-corrected chi connectivity index (χ4v) is 3.53. The van der Waals surface area contributed by atoms with Gasteiger partial charge in [0, 0.05) is 53.7 Å². The van der Waals surface area contributed by atoms with Gasteiger partial charge in [-0.25, -0.2) is 0 Å². The number of alkyl halides is 2. The van der Waals surface area contributed by atoms with Crippen molar-refractivity contribution in [3.8, 4) is 0 Å². The van der Waals surface area contributed by atoms with E-state index in [2.05, 4.69) is 15.2 Å². The second-order valence-corrected chi connectivity index (χ2v) is 7.27. The highest BCUT2D eigenvalue weighted by molar-refractivity contribution is 6.31. The molecule has 8 heteroatoms. The van der Waals surface area contributed by atoms with E-state index in [0.717, 1.165) is 54.2 Å². The molecule has 1 aromatic carbocycles. The van der Waals surface area contributed by atoms with Crippen molar-refractivity contribution in [3.05, 3.63) is 35.5 Å². The van der Waals surface area contributed by atoms with Crippen LogP contribution in [0.4, 0.5) is 5.69 Å². The molecule has 0 spiro atoms. The van der Waals surface area contributed by atoms with Crippen LogP contribution < -0.4 is 5.32 Å². The number of aromatic nitrogens is 1. The number of hydrogen-bond donors (Lipinski definition) is 1. The lowest BCUT2D eigenvalue weighted by molar-refractivity contribution is 0.299. The van der Waals surface area contributed by atoms with Crippen molar-refractivity contribution in [2.24, 2.45) is 0 Å². The second kappa shape index (κ2) is 15.7. The predicted octanol–water partition coefficient (Wildman–Crippen LogP) is 6.48. The van der Waals surface area contributed by atoms with Crippen LogP contribution in [0.2, 0.25) is 5.02 Å². The number of fused-ring (bicyclic) bond motifs is 1. The lowest BCUT2D eigenvalue weighted by atomic mass is 10.1. The largest absolute Gasteiger partial charge is 0.384 e. The number of benzene rings is 1. The molecule has 3 nitrogen and oxygen atoms in total. The topological polar surface area (TPSA) is 28.2 Å². The van der Waals surface area contributed by atoms with Crippen molar-refractivity contribution in [2.75, 3.05) is 43.3 Å². The maximum atomic E-state index is 6.03. The van der Waals surface area contributed by atoms with E-state index in [1.54, 1.807) is 0 Å². The average molecular weight is 476 g/mol. The first-order valence-corrected chi connectivity index (χ1v) is 10.3. The number of anilines is 1. The summed E-state index contributed by atoms with van der Waals surface area (Å²) in [5, 5.41) is 5.35. The van der Waals surface area contributed by atoms with Crippen LogP contribution in [0.25, 0.3) is 10.9 Å². The van der Waals surface area contributed by atoms with Gasteiger partial charge < -0.3 is 10.2 Å². The van der Waals surface area contributed by atoms with Crippen LogP contribution in [0.5, 0.6) is 0 Å². The first-order chi connectivity index (χ1) is 12.2. The standard InChI is InChI=1S/C19H26Cl3N3.2ClH/c20-8-13-25(14-9-21)12-4-2-1-3-10-23-18-7-11-24-19-15-16(22)5-6-17(18)19;;/h5-7,11,15H,1-4,8-10,12-14H2,(H,23,24);2*1H. The highest BCUT2D eigenvalue weighted by Gasteiger charge is 2.04. The van der Waals surface area contributed by atoms with E-state index in [0.29, 0.717) is 11.8 Å². The number of nitrogens with zero attached hydrogens (tertiary/aromatic N) is 2. The van der Waals surface area contributed by atoms with Gasteiger partial charge >= 0.3 is 0 Å². The zero-order valence-corrected chi connectivity index (χ0v) is 19.2. The molecule has 0 saturated carbocycles. The van der Waals surface area contributed by atoms with Gasteiger partial charge in [0.05, 0.1) is 5.52 Å². The minimum atomic E-state index is 0. The molecule has 0 aliphatic heterocycles. The van der Waals surface area contributed by atoms with Crippen molar-refractivity contribution >= 4 is 76.2 Å². The molecular weight excluding hydrogens is 447 g/mol. The van der Waals surface area contributed by atoms with E-state index in [1.807, 2.05) is 30.5 Å². The molecule has 27 heavy (non-hydrogen) atoms. The van der Waals surface area contributed by atoms with Crippen LogP contribution in [-0.4, -0.2) is 47.8 Å². The summed E-state index contributed by atoms with van der Waals surface area (Å²) in [5.74, 6) is 1.35. The van der Waals surface area contributed by atoms with E-state index in [1.165, 1.54) is 19.3 Å². The molecule has 0 saturated heterocycles. The molecule has 0 bridgehead atoms. The van der Waals surface area contributed by atoms with Gasteiger partial charge in [-0.3, -0.25) is 4.98 Å². The number of hydrogen-bond acceptors (Lipinski definition) is 3. The van der Waals surface area contributed by atoms with Gasteiger partial charge in [0.25, 0.3) is 0 Å². The first-order valence-electron chi connectivity index (χ1n) is 8.87. The van der Waals surface area contributed by atoms with Gasteiger partial charge in [0.15, 0.2) is 0 Å². The molecule has 0 unspecified atom stereocenters. The van der Waals surface area contributed by atoms with E-state index in [-0.39, 0.29) is 24.8 Å². The highest BCUT2D eigenvalue weighted by Crippen LogP contribution is 2.24. The van der Waals surface area contributed by atoms with Crippen molar-refractivity contribution in [1.29, 1.82) is 0 Å². The van der Waals surface area contributed by atoms with E-state index in [4.69, 9.17) is 34.8 Å². The maximum Gasteiger partial charge on any atom is 0.0737 e. The average Bonchev–Trinajstić information content (AvgIpc) is 2.61. The third kappa shape index (κ3) is 9.74. The van der Waals surface area contributed by atoms with Crippen LogP contribution in [0.15, 0.2) is 30.5 Å². The quantitative estimate of drug-likeness (QED) is 0.281. The Hall–Kier alpha value is -0.160. The summed E-state index contributed by atoms with van der Waals surface area (Å²) in [4.78, 5) is 6.71. The molecule has 0 radical (unpaired) electrons. The van der Waals surface area contributed by atoms with Gasteiger partial charge in [-0.1, -0.05) is 24.4 Å². The Labute approximate surface area is 190 Å². The van der Waals surface area contributed by atoms with Crippen molar-refractivity contribution < 1.29 is 0 Å². The normalized spacial score (nSPS) is 10.5. The summed E-state index contributed by atoms with van der Waals surface area (Å²) in [6, 6.07) is 7.85. The lowest BCUT2D eigenvalue weighted by Gasteiger charge is -2.19. The van der Waals surface area contributed by atoms with Crippen molar-refractivity contribution in [3.63, 3.8) is 0 Å². The summed E-state index contributed by atoms with van der Waals surface area (Å²) in [5.41, 5.74) is 2.05. The summed E-state index contributed by atoms with van der Waals surface area (Å²) >= 11 is 17.7. The Morgan fingerprint density at radius 1 is 0.889 bits per heavy atom. The number of nitrogens with one attached hydrogen (secondary N) is 1. The minimum Gasteiger partial charge on any atom is -0.384 e. The Morgan fingerprint density at radius 2 is 1.59 bits per heavy atom. The van der Waals surface area contributed by atoms with Gasteiger partial charge in [-0.05, 0) is 43.7 Å². The number of rotatable bonds is 12. The number of unbranched alkanes of at least 4 members (excludes halogenated alkanes) is 3. The Bertz CT molecular complexity index is 636. The minimum absolute atomic E-state index is 0. The summed E-state index contributed by atoms with van der Waals surface area (Å²) in [6.07, 6.45) is 6.63. The molecule has 0 fully saturated rings. The van der Waals surface area contributed by atoms with Gasteiger partial charge in [0.2, 0.25) is 0 Å². The molecule has 0 aliphatic rings. The number of halogens is 5. The fourth-order valence-electron chi connectivity index (χ4n) is 2.89. The Balaban J connectivity index is 0.00000338. The molecule has 2 aromatic rings. The highest BCUT2D eigenvalue weighted by atomic mass is 35.5. The van der Waals surface area contributed by atoms with E-state index < -0.39 is 0 Å². The lowest BCUT2D eigenvalue weighted by Crippen LogP contribution is -2.28. The zero-order chi connectivity index (χ0) is 17.9. The Morgan fingerprint density at radius 3 is 2.30 bits per heavy atom. The smallest absolute Gasteiger partial charge is 0.0737 e. The summed E-state index contributed by atoms with van der Waals surface area (Å²) < 4.78 is 0. The molecule has 2 rings (SSSR count). The number of pyridine rings is 1. The second-order valence-electron chi connectivity index (χ2n) is 6.08. The Kier molecular flexibility index (Phi) is 15.6. The van der Waals surface area contributed by atoms with Crippen LogP contribution in [0.1, 0.15) is 25.7 Å². The van der Waals surface area contributed by atoms with E-state index in [9.17, 15) is 0 Å². The maximum absolute atomic E-state index is 6.03. The molecule has 1 N–H and O–H groups in total. The molecule has 1 aromatic heterocycles. The molecular formula is C19H28Cl5N3. The van der Waals surface area contributed by atoms with Crippen LogP contribution in [-0.2, 0) is 0 Å². The SMILES string of the molecule is Cl.Cl.ClCCN(CCCl)CCCCCCNc1ccnc2cc(Cl)ccc12. The first kappa shape index (κ1) is 26.8. The molecule has 1 heterocycles. The zero-order valence-electron chi connectivity index (χ0n) is 15.3. The van der Waals surface area contributed by atoms with E-state index >= 15 is 0 Å². The van der Waals surface area contributed by atoms with Crippen molar-refractivity contribution in [1.82, 2.24) is 9.88 Å². The van der Waals surface area contributed by atoms with Crippen LogP contribution in [0, 0.1) is 0 Å². The predicted molar refractivity (Wildman–Crippen MR) is 126 cm³/mol. The van der Waals surface area contributed by atoms with Gasteiger partial charge in [-0.15, -0.1) is 48.0 Å². The molecule has 0 amide bonds. The fraction of sp³-hybridized carbons (Fsp3) is 0.526. The third-order valence-corrected chi connectivity index (χ3v) is 4.80. The monoisotopic (exact) mass is 473 g/mol. The summed E-state index contributed by atoms with van der Waals surface area (Å²) in [7, 11) is 0. The summed E-state index contributed by atoms with van der Waals surface area (Å²) in [6.45, 7) is 3.90. The molecule has 154 valence electrons. The van der Waals surface area contributed by atoms with Crippen LogP contribution >= 0.6 is 59.6 Å². The molecule has 0 atom stereocenters. The third-order valence-electron chi connectivity index (χ3n) is 4.22. The van der Waals surface area contributed by atoms with Gasteiger partial charge in [0.1, 0.15) is 0 Å². The van der Waals surface area contributed by atoms with Crippen LogP contribution in [0.3, 0.4) is 0 Å². The molecule has 0 aliphatic carbocycles. The van der Waals surface area contributed by atoms with Crippen molar-refractivity contribution in [2.45, 2.75) is 25.7 Å².